The number of ether oxygens (including phenoxy) is 1. The van der Waals surface area contributed by atoms with Crippen molar-refractivity contribution in [2.75, 3.05) is 7.11 Å². The van der Waals surface area contributed by atoms with Gasteiger partial charge in [0.25, 0.3) is 0 Å². The highest BCUT2D eigenvalue weighted by Gasteiger charge is 2.03. The van der Waals surface area contributed by atoms with Crippen LogP contribution in [0.3, 0.4) is 0 Å². The summed E-state index contributed by atoms with van der Waals surface area (Å²) in [7, 11) is 1.59. The summed E-state index contributed by atoms with van der Waals surface area (Å²) >= 11 is 5.88. The standard InChI is InChI=1S/C12H12ClN3O/c1-8-5-10(13)16-11(15-8)6-9-3-4-12(17-2)14-7-9/h3-5,7H,6H2,1-2H3. The molecule has 0 unspecified atom stereocenters. The second-order valence-corrected chi connectivity index (χ2v) is 4.02. The Bertz CT molecular complexity index is 493. The minimum absolute atomic E-state index is 0.467. The van der Waals surface area contributed by atoms with Crippen LogP contribution in [0.5, 0.6) is 5.88 Å². The summed E-state index contributed by atoms with van der Waals surface area (Å²) in [4.78, 5) is 12.6. The van der Waals surface area contributed by atoms with Crippen molar-refractivity contribution in [3.05, 3.63) is 46.6 Å². The van der Waals surface area contributed by atoms with Crippen LogP contribution in [0.4, 0.5) is 0 Å². The first kappa shape index (κ1) is 11.8. The van der Waals surface area contributed by atoms with Crippen LogP contribution in [0, 0.1) is 6.92 Å². The molecule has 0 aliphatic carbocycles. The molecule has 2 aromatic heterocycles. The van der Waals surface area contributed by atoms with E-state index in [1.807, 2.05) is 19.1 Å². The highest BCUT2D eigenvalue weighted by atomic mass is 35.5. The Kier molecular flexibility index (Phi) is 3.54. The zero-order valence-electron chi connectivity index (χ0n) is 9.64. The van der Waals surface area contributed by atoms with Gasteiger partial charge in [0.15, 0.2) is 0 Å². The van der Waals surface area contributed by atoms with Gasteiger partial charge in [-0.3, -0.25) is 0 Å². The number of aryl methyl sites for hydroxylation is 1. The number of hydrogen-bond acceptors (Lipinski definition) is 4. The summed E-state index contributed by atoms with van der Waals surface area (Å²) in [5.41, 5.74) is 1.88. The van der Waals surface area contributed by atoms with Gasteiger partial charge in [-0.2, -0.15) is 0 Å². The van der Waals surface area contributed by atoms with Gasteiger partial charge in [-0.25, -0.2) is 15.0 Å². The molecule has 5 heteroatoms. The molecular weight excluding hydrogens is 238 g/mol. The minimum Gasteiger partial charge on any atom is -0.481 e. The van der Waals surface area contributed by atoms with E-state index < -0.39 is 0 Å². The van der Waals surface area contributed by atoms with Crippen molar-refractivity contribution in [1.29, 1.82) is 0 Å². The average molecular weight is 250 g/mol. The van der Waals surface area contributed by atoms with Crippen LogP contribution < -0.4 is 4.74 Å². The van der Waals surface area contributed by atoms with Gasteiger partial charge in [-0.1, -0.05) is 17.7 Å². The number of hydrogen-bond donors (Lipinski definition) is 0. The van der Waals surface area contributed by atoms with Gasteiger partial charge in [0.1, 0.15) is 11.0 Å². The summed E-state index contributed by atoms with van der Waals surface area (Å²) in [5.74, 6) is 1.29. The quantitative estimate of drug-likeness (QED) is 0.784. The molecule has 2 rings (SSSR count). The smallest absolute Gasteiger partial charge is 0.212 e. The molecule has 0 amide bonds. The predicted molar refractivity (Wildman–Crippen MR) is 65.4 cm³/mol. The van der Waals surface area contributed by atoms with E-state index in [4.69, 9.17) is 16.3 Å². The second-order valence-electron chi connectivity index (χ2n) is 3.63. The van der Waals surface area contributed by atoms with Gasteiger partial charge in [0, 0.05) is 24.4 Å². The van der Waals surface area contributed by atoms with E-state index in [2.05, 4.69) is 15.0 Å². The van der Waals surface area contributed by atoms with E-state index in [1.165, 1.54) is 0 Å². The highest BCUT2D eigenvalue weighted by Crippen LogP contribution is 2.12. The molecular formula is C12H12ClN3O. The fraction of sp³-hybridized carbons (Fsp3) is 0.250. The first-order valence-electron chi connectivity index (χ1n) is 5.16. The Hall–Kier alpha value is -1.68. The molecule has 0 saturated heterocycles. The Morgan fingerprint density at radius 1 is 1.29 bits per heavy atom. The summed E-state index contributed by atoms with van der Waals surface area (Å²) in [5, 5.41) is 0.467. The highest BCUT2D eigenvalue weighted by molar-refractivity contribution is 6.29. The van der Waals surface area contributed by atoms with Crippen molar-refractivity contribution in [3.63, 3.8) is 0 Å². The van der Waals surface area contributed by atoms with E-state index >= 15 is 0 Å². The van der Waals surface area contributed by atoms with E-state index in [1.54, 1.807) is 19.4 Å². The predicted octanol–water partition coefficient (Wildman–Crippen LogP) is 2.43. The lowest BCUT2D eigenvalue weighted by molar-refractivity contribution is 0.397. The van der Waals surface area contributed by atoms with Gasteiger partial charge in [-0.15, -0.1) is 0 Å². The zero-order valence-corrected chi connectivity index (χ0v) is 10.4. The van der Waals surface area contributed by atoms with Gasteiger partial charge >= 0.3 is 0 Å². The fourth-order valence-electron chi connectivity index (χ4n) is 1.49. The molecule has 0 spiro atoms. The maximum atomic E-state index is 5.88. The lowest BCUT2D eigenvalue weighted by atomic mass is 10.2. The van der Waals surface area contributed by atoms with Crippen LogP contribution >= 0.6 is 11.6 Å². The molecule has 0 saturated carbocycles. The van der Waals surface area contributed by atoms with Crippen molar-refractivity contribution in [2.45, 2.75) is 13.3 Å². The summed E-state index contributed by atoms with van der Waals surface area (Å²) in [6.45, 7) is 1.89. The van der Waals surface area contributed by atoms with Gasteiger partial charge in [-0.05, 0) is 18.6 Å². The third-order valence-electron chi connectivity index (χ3n) is 2.24. The number of methoxy groups -OCH3 is 1. The van der Waals surface area contributed by atoms with Crippen LogP contribution in [0.15, 0.2) is 24.4 Å². The monoisotopic (exact) mass is 249 g/mol. The molecule has 17 heavy (non-hydrogen) atoms. The average Bonchev–Trinajstić information content (AvgIpc) is 2.28. The topological polar surface area (TPSA) is 47.9 Å². The lowest BCUT2D eigenvalue weighted by Gasteiger charge is -2.03. The van der Waals surface area contributed by atoms with E-state index in [9.17, 15) is 0 Å². The number of aromatic nitrogens is 3. The van der Waals surface area contributed by atoms with Gasteiger partial charge in [0.2, 0.25) is 5.88 Å². The Morgan fingerprint density at radius 2 is 2.12 bits per heavy atom. The molecule has 0 aliphatic rings. The van der Waals surface area contributed by atoms with Crippen molar-refractivity contribution >= 4 is 11.6 Å². The first-order chi connectivity index (χ1) is 8.17. The minimum atomic E-state index is 0.467. The third kappa shape index (κ3) is 3.14. The molecule has 88 valence electrons. The molecule has 0 aliphatic heterocycles. The van der Waals surface area contributed by atoms with E-state index in [-0.39, 0.29) is 0 Å². The van der Waals surface area contributed by atoms with Crippen LogP contribution in [-0.4, -0.2) is 22.1 Å². The SMILES string of the molecule is COc1ccc(Cc2nc(C)cc(Cl)n2)cn1. The molecule has 0 bridgehead atoms. The number of nitrogens with zero attached hydrogens (tertiary/aromatic N) is 3. The van der Waals surface area contributed by atoms with E-state index in [0.717, 1.165) is 11.3 Å². The van der Waals surface area contributed by atoms with Crippen LogP contribution in [-0.2, 0) is 6.42 Å². The Morgan fingerprint density at radius 3 is 2.71 bits per heavy atom. The molecule has 0 aromatic carbocycles. The molecule has 0 fully saturated rings. The molecule has 0 N–H and O–H groups in total. The van der Waals surface area contributed by atoms with Crippen LogP contribution in [0.2, 0.25) is 5.15 Å². The van der Waals surface area contributed by atoms with Crippen molar-refractivity contribution in [1.82, 2.24) is 15.0 Å². The first-order valence-corrected chi connectivity index (χ1v) is 5.54. The van der Waals surface area contributed by atoms with Crippen LogP contribution in [0.25, 0.3) is 0 Å². The van der Waals surface area contributed by atoms with Crippen molar-refractivity contribution in [3.8, 4) is 5.88 Å². The van der Waals surface area contributed by atoms with Gasteiger partial charge < -0.3 is 4.74 Å². The normalized spacial score (nSPS) is 10.3. The third-order valence-corrected chi connectivity index (χ3v) is 2.43. The molecule has 0 radical (unpaired) electrons. The van der Waals surface area contributed by atoms with Crippen LogP contribution in [0.1, 0.15) is 17.1 Å². The summed E-state index contributed by atoms with van der Waals surface area (Å²) < 4.78 is 4.99. The number of halogens is 1. The zero-order chi connectivity index (χ0) is 12.3. The molecule has 4 nitrogen and oxygen atoms in total. The number of pyridine rings is 1. The lowest BCUT2D eigenvalue weighted by Crippen LogP contribution is -1.99. The Labute approximate surface area is 105 Å². The maximum absolute atomic E-state index is 5.88. The fourth-order valence-corrected chi connectivity index (χ4v) is 1.74. The van der Waals surface area contributed by atoms with Gasteiger partial charge in [0.05, 0.1) is 7.11 Å². The largest absolute Gasteiger partial charge is 0.481 e. The second kappa shape index (κ2) is 5.10. The number of rotatable bonds is 3. The van der Waals surface area contributed by atoms with Crippen molar-refractivity contribution < 1.29 is 4.74 Å². The van der Waals surface area contributed by atoms with Crippen molar-refractivity contribution in [2.24, 2.45) is 0 Å². The Balaban J connectivity index is 2.19. The summed E-state index contributed by atoms with van der Waals surface area (Å²) in [6, 6.07) is 5.48. The molecule has 2 heterocycles. The maximum Gasteiger partial charge on any atom is 0.212 e. The molecule has 0 atom stereocenters. The molecule has 2 aromatic rings. The summed E-state index contributed by atoms with van der Waals surface area (Å²) in [6.07, 6.45) is 2.36. The van der Waals surface area contributed by atoms with E-state index in [0.29, 0.717) is 23.3 Å².